The maximum absolute atomic E-state index is 9.87. The molecule has 0 radical (unpaired) electrons. The number of carboxylic acid groups (broad SMARTS) is 1. The van der Waals surface area contributed by atoms with Crippen LogP contribution < -0.4 is 0 Å². The SMILES string of the molecule is CC(=O)CC(=O)O.CO.[Rf]. The Kier molecular flexibility index (Phi) is 15.9. The van der Waals surface area contributed by atoms with Crippen molar-refractivity contribution in [3.8, 4) is 0 Å². The molecule has 0 aliphatic rings. The molecule has 0 unspecified atom stereocenters. The van der Waals surface area contributed by atoms with Gasteiger partial charge in [-0.15, -0.1) is 0 Å². The molecular weight excluding hydrogens is 391 g/mol. The van der Waals surface area contributed by atoms with E-state index < -0.39 is 5.97 Å². The molecule has 0 heterocycles. The first-order valence-corrected chi connectivity index (χ1v) is 2.29. The van der Waals surface area contributed by atoms with E-state index in [1.807, 2.05) is 0 Å². The van der Waals surface area contributed by atoms with Crippen molar-refractivity contribution in [1.29, 1.82) is 0 Å². The van der Waals surface area contributed by atoms with Crippen LogP contribution in [0.5, 0.6) is 0 Å². The summed E-state index contributed by atoms with van der Waals surface area (Å²) in [7, 11) is 1.00. The fourth-order valence-corrected chi connectivity index (χ4v) is 0.213. The topological polar surface area (TPSA) is 74.6 Å². The third-order valence-corrected chi connectivity index (χ3v) is 0.400. The van der Waals surface area contributed by atoms with Gasteiger partial charge < -0.3 is 10.2 Å². The van der Waals surface area contributed by atoms with Gasteiger partial charge >= 0.3 is 5.97 Å². The Morgan fingerprint density at radius 1 is 1.30 bits per heavy atom. The van der Waals surface area contributed by atoms with Gasteiger partial charge in [-0.05, 0) is 6.92 Å². The smallest absolute Gasteiger partial charge is 0.310 e. The number of hydrogen-bond donors (Lipinski definition) is 2. The second-order valence-electron chi connectivity index (χ2n) is 1.27. The van der Waals surface area contributed by atoms with Crippen LogP contribution in [0, 0.1) is 0 Å². The van der Waals surface area contributed by atoms with Crippen LogP contribution in [0.15, 0.2) is 0 Å². The first-order chi connectivity index (χ1) is 4.13. The summed E-state index contributed by atoms with van der Waals surface area (Å²) in [4.78, 5) is 19.5. The van der Waals surface area contributed by atoms with Gasteiger partial charge in [0.2, 0.25) is 0 Å². The Morgan fingerprint density at radius 3 is 1.60 bits per heavy atom. The zero-order chi connectivity index (χ0) is 7.86. The number of aliphatic hydroxyl groups excluding tert-OH is 1. The van der Waals surface area contributed by atoms with Crippen molar-refractivity contribution < 1.29 is 19.8 Å². The number of hydrogen-bond acceptors (Lipinski definition) is 3. The maximum Gasteiger partial charge on any atom is 0.310 e. The molecule has 0 rings (SSSR count). The van der Waals surface area contributed by atoms with Crippen molar-refractivity contribution in [3.63, 3.8) is 0 Å². The molecule has 0 fully saturated rings. The molecule has 0 aromatic rings. The molecule has 0 saturated carbocycles. The third kappa shape index (κ3) is 36.0. The van der Waals surface area contributed by atoms with E-state index in [4.69, 9.17) is 10.2 Å². The molecule has 0 bridgehead atoms. The van der Waals surface area contributed by atoms with Crippen LogP contribution >= 0.6 is 0 Å². The van der Waals surface area contributed by atoms with Crippen LogP contribution in [0.2, 0.25) is 0 Å². The van der Waals surface area contributed by atoms with Gasteiger partial charge in [0.15, 0.2) is 0 Å². The second-order valence-corrected chi connectivity index (χ2v) is 1.27. The normalized spacial score (nSPS) is 6.30. The fraction of sp³-hybridized carbons (Fsp3) is 0.600. The van der Waals surface area contributed by atoms with Crippen LogP contribution in [-0.4, -0.2) is 29.1 Å². The minimum atomic E-state index is -1.06. The van der Waals surface area contributed by atoms with Crippen molar-refractivity contribution in [2.24, 2.45) is 0 Å². The average Bonchev–Trinajstić information content (AvgIpc) is 1.68. The monoisotopic (exact) mass is 401 g/mol. The number of Topliss-reactive ketones (excluding diaryl/α,β-unsaturated/α-hetero) is 1. The predicted octanol–water partition coefficient (Wildman–Crippen LogP) is -0.341. The summed E-state index contributed by atoms with van der Waals surface area (Å²) in [6, 6.07) is 0. The Morgan fingerprint density at radius 2 is 1.60 bits per heavy atom. The van der Waals surface area contributed by atoms with E-state index in [9.17, 15) is 9.59 Å². The van der Waals surface area contributed by atoms with Crippen LogP contribution in [0.25, 0.3) is 0 Å². The fourth-order valence-electron chi connectivity index (χ4n) is 0.213. The summed E-state index contributed by atoms with van der Waals surface area (Å²) < 4.78 is 0. The van der Waals surface area contributed by atoms with E-state index in [2.05, 4.69) is 0 Å². The summed E-state index contributed by atoms with van der Waals surface area (Å²) in [5, 5.41) is 14.9. The van der Waals surface area contributed by atoms with Gasteiger partial charge in [-0.3, -0.25) is 9.59 Å². The molecule has 5 heteroatoms. The van der Waals surface area contributed by atoms with Crippen molar-refractivity contribution in [2.75, 3.05) is 7.11 Å². The zero-order valence-electron chi connectivity index (χ0n) is 6.13. The standard InChI is InChI=1S/C4H6O3.CH4O.Rf/c1-3(5)2-4(6)7;1-2;/h2H2,1H3,(H,6,7);2H,1H3;. The van der Waals surface area contributed by atoms with Crippen LogP contribution in [0.4, 0.5) is 0 Å². The largest absolute Gasteiger partial charge is 0.481 e. The number of rotatable bonds is 2. The maximum atomic E-state index is 9.87. The predicted molar refractivity (Wildman–Crippen MR) is 31.1 cm³/mol. The minimum Gasteiger partial charge on any atom is -0.481 e. The summed E-state index contributed by atoms with van der Waals surface area (Å²) >= 11 is 0. The van der Waals surface area contributed by atoms with Gasteiger partial charge in [-0.1, -0.05) is 0 Å². The molecule has 0 aliphatic carbocycles. The van der Waals surface area contributed by atoms with Gasteiger partial charge in [0.05, 0.1) is 0 Å². The van der Waals surface area contributed by atoms with Crippen molar-refractivity contribution in [2.45, 2.75) is 13.3 Å². The van der Waals surface area contributed by atoms with Crippen LogP contribution in [0.1, 0.15) is 13.3 Å². The second kappa shape index (κ2) is 10.2. The van der Waals surface area contributed by atoms with Gasteiger partial charge in [0.25, 0.3) is 0 Å². The third-order valence-electron chi connectivity index (χ3n) is 0.400. The number of carbonyl (C=O) groups is 2. The summed E-state index contributed by atoms with van der Waals surface area (Å²) in [5.74, 6) is -1.37. The van der Waals surface area contributed by atoms with Gasteiger partial charge in [-0.25, -0.2) is 0 Å². The molecule has 0 saturated heterocycles. The molecule has 4 nitrogen and oxygen atoms in total. The van der Waals surface area contributed by atoms with E-state index in [-0.39, 0.29) is 12.2 Å². The van der Waals surface area contributed by atoms with E-state index in [0.29, 0.717) is 0 Å². The summed E-state index contributed by atoms with van der Waals surface area (Å²) in [5.41, 5.74) is 0. The first kappa shape index (κ1) is 15.7. The van der Waals surface area contributed by atoms with Crippen molar-refractivity contribution in [1.82, 2.24) is 0 Å². The average molecular weight is 401 g/mol. The van der Waals surface area contributed by atoms with Gasteiger partial charge in [0.1, 0.15) is 12.2 Å². The molecule has 56 valence electrons. The van der Waals surface area contributed by atoms with Crippen molar-refractivity contribution in [3.05, 3.63) is 0 Å². The number of ketones is 1. The summed E-state index contributed by atoms with van der Waals surface area (Å²) in [6.45, 7) is 1.24. The van der Waals surface area contributed by atoms with E-state index in [0.717, 1.165) is 7.11 Å². The molecule has 2 N–H and O–H groups in total. The molecule has 0 amide bonds. The molecule has 0 atom stereocenters. The van der Waals surface area contributed by atoms with Crippen LogP contribution in [-0.2, 0) is 9.59 Å². The Hall–Kier alpha value is -1.90. The quantitative estimate of drug-likeness (QED) is 0.622. The number of aliphatic carboxylic acids is 1. The van der Waals surface area contributed by atoms with E-state index in [1.54, 1.807) is 0 Å². The zero-order valence-corrected chi connectivity index (χ0v) is 12.5. The molecule has 0 spiro atoms. The Bertz CT molecular complexity index is 89.8. The molecule has 10 heavy (non-hydrogen) atoms. The van der Waals surface area contributed by atoms with Gasteiger partial charge in [-0.2, -0.15) is 0 Å². The Labute approximate surface area is 53.1 Å². The summed E-state index contributed by atoms with van der Waals surface area (Å²) in [6.07, 6.45) is -0.361. The molecule has 0 aliphatic heterocycles. The number of aliphatic hydroxyl groups is 1. The molecular formula is C5H10O4Rf. The van der Waals surface area contributed by atoms with E-state index in [1.165, 1.54) is 6.92 Å². The Balaban J connectivity index is -0.000000149. The van der Waals surface area contributed by atoms with E-state index >= 15 is 0 Å². The number of carboxylic acids is 1. The number of carbonyl (C=O) groups excluding carboxylic acids is 1. The minimum absolute atomic E-state index is 0. The van der Waals surface area contributed by atoms with Crippen LogP contribution in [0.3, 0.4) is 0 Å². The first-order valence-electron chi connectivity index (χ1n) is 2.29. The molecule has 0 aromatic heterocycles. The van der Waals surface area contributed by atoms with Crippen molar-refractivity contribution >= 4 is 11.8 Å². The van der Waals surface area contributed by atoms with Gasteiger partial charge in [0, 0.05) is 7.11 Å². The molecule has 0 aromatic carbocycles.